The van der Waals surface area contributed by atoms with Crippen LogP contribution in [0.1, 0.15) is 55.5 Å². The molecule has 2 rings (SSSR count). The van der Waals surface area contributed by atoms with Crippen LogP contribution in [0.3, 0.4) is 0 Å². The Kier molecular flexibility index (Phi) is 12.7. The van der Waals surface area contributed by atoms with Crippen LogP contribution in [0.2, 0.25) is 0 Å². The number of nitrogens with zero attached hydrogens (tertiary/aromatic N) is 2. The number of guanidine groups is 1. The van der Waals surface area contributed by atoms with Crippen molar-refractivity contribution in [1.82, 2.24) is 15.5 Å². The molecule has 2 atom stereocenters. The Labute approximate surface area is 197 Å². The van der Waals surface area contributed by atoms with E-state index in [0.717, 1.165) is 35.3 Å². The molecule has 1 saturated carbocycles. The molecule has 164 valence electrons. The first-order chi connectivity index (χ1) is 13.5. The van der Waals surface area contributed by atoms with Gasteiger partial charge in [0.1, 0.15) is 0 Å². The van der Waals surface area contributed by atoms with E-state index in [1.807, 2.05) is 18.2 Å². The molecule has 0 bridgehead atoms. The minimum Gasteiger partial charge on any atom is -0.357 e. The number of hydrogen-bond donors (Lipinski definition) is 2. The van der Waals surface area contributed by atoms with E-state index in [1.165, 1.54) is 31.4 Å². The van der Waals surface area contributed by atoms with Gasteiger partial charge in [-0.2, -0.15) is 11.8 Å². The number of hydrogen-bond acceptors (Lipinski definition) is 3. The highest BCUT2D eigenvalue weighted by Crippen LogP contribution is 2.28. The van der Waals surface area contributed by atoms with Gasteiger partial charge in [0.05, 0.1) is 0 Å². The van der Waals surface area contributed by atoms with Crippen molar-refractivity contribution >= 4 is 47.6 Å². The van der Waals surface area contributed by atoms with Gasteiger partial charge in [0.15, 0.2) is 5.96 Å². The van der Waals surface area contributed by atoms with Crippen molar-refractivity contribution in [2.24, 2.45) is 4.99 Å². The van der Waals surface area contributed by atoms with Crippen molar-refractivity contribution in [3.8, 4) is 0 Å². The van der Waals surface area contributed by atoms with E-state index < -0.39 is 0 Å². The number of benzene rings is 1. The van der Waals surface area contributed by atoms with Crippen LogP contribution < -0.4 is 10.6 Å². The van der Waals surface area contributed by atoms with Gasteiger partial charge in [0, 0.05) is 44.0 Å². The molecule has 0 heterocycles. The summed E-state index contributed by atoms with van der Waals surface area (Å²) in [6.45, 7) is 5.91. The largest absolute Gasteiger partial charge is 0.357 e. The lowest BCUT2D eigenvalue weighted by Crippen LogP contribution is -2.45. The summed E-state index contributed by atoms with van der Waals surface area (Å²) in [6.07, 6.45) is 5.90. The molecule has 0 saturated heterocycles. The minimum absolute atomic E-state index is 0. The predicted octanol–water partition coefficient (Wildman–Crippen LogP) is 4.17. The van der Waals surface area contributed by atoms with E-state index in [2.05, 4.69) is 42.3 Å². The van der Waals surface area contributed by atoms with E-state index in [0.29, 0.717) is 12.6 Å². The first-order valence-electron chi connectivity index (χ1n) is 10.5. The van der Waals surface area contributed by atoms with E-state index in [9.17, 15) is 4.79 Å². The molecule has 1 aromatic rings. The van der Waals surface area contributed by atoms with Gasteiger partial charge in [-0.1, -0.05) is 25.5 Å². The number of rotatable bonds is 8. The number of nitrogens with one attached hydrogen (secondary N) is 2. The van der Waals surface area contributed by atoms with Gasteiger partial charge >= 0.3 is 0 Å². The second-order valence-corrected chi connectivity index (χ2v) is 9.07. The number of aliphatic imine (C=N–C) groups is 1. The molecule has 5 nitrogen and oxygen atoms in total. The van der Waals surface area contributed by atoms with Crippen LogP contribution in [-0.4, -0.2) is 61.0 Å². The molecular formula is C22H37IN4OS. The van der Waals surface area contributed by atoms with Crippen LogP contribution in [0, 0.1) is 0 Å². The van der Waals surface area contributed by atoms with E-state index in [-0.39, 0.29) is 29.9 Å². The lowest BCUT2D eigenvalue weighted by atomic mass is 9.95. The van der Waals surface area contributed by atoms with E-state index in [1.54, 1.807) is 19.0 Å². The Morgan fingerprint density at radius 2 is 2.07 bits per heavy atom. The third kappa shape index (κ3) is 9.15. The summed E-state index contributed by atoms with van der Waals surface area (Å²) >= 11 is 2.09. The van der Waals surface area contributed by atoms with Crippen LogP contribution in [0.25, 0.3) is 0 Å². The monoisotopic (exact) mass is 532 g/mol. The molecule has 7 heteroatoms. The summed E-state index contributed by atoms with van der Waals surface area (Å²) in [5.41, 5.74) is 1.88. The molecule has 1 amide bonds. The highest BCUT2D eigenvalue weighted by atomic mass is 127. The van der Waals surface area contributed by atoms with Crippen LogP contribution in [0.4, 0.5) is 0 Å². The molecule has 2 unspecified atom stereocenters. The standard InChI is InChI=1S/C22H36N4OS.HI/c1-5-23-22(25-19-11-8-12-20(16-19)28-6-2)24-14-13-17-9-7-10-18(15-17)21(27)26(3)4;/h7,9-10,15,19-20H,5-6,8,11-14,16H2,1-4H3,(H2,23,24,25);1H. The summed E-state index contributed by atoms with van der Waals surface area (Å²) in [7, 11) is 3.56. The van der Waals surface area contributed by atoms with Crippen LogP contribution >= 0.6 is 35.7 Å². The van der Waals surface area contributed by atoms with Gasteiger partial charge in [0.2, 0.25) is 0 Å². The lowest BCUT2D eigenvalue weighted by molar-refractivity contribution is 0.0827. The number of halogens is 1. The fourth-order valence-corrected chi connectivity index (χ4v) is 4.76. The fourth-order valence-electron chi connectivity index (χ4n) is 3.59. The van der Waals surface area contributed by atoms with Crippen molar-refractivity contribution in [2.75, 3.05) is 32.9 Å². The van der Waals surface area contributed by atoms with Gasteiger partial charge in [-0.25, -0.2) is 0 Å². The lowest BCUT2D eigenvalue weighted by Gasteiger charge is -2.30. The Morgan fingerprint density at radius 1 is 1.28 bits per heavy atom. The zero-order chi connectivity index (χ0) is 20.4. The Morgan fingerprint density at radius 3 is 2.76 bits per heavy atom. The average Bonchev–Trinajstić information content (AvgIpc) is 2.68. The van der Waals surface area contributed by atoms with Crippen molar-refractivity contribution in [3.05, 3.63) is 35.4 Å². The van der Waals surface area contributed by atoms with Crippen molar-refractivity contribution < 1.29 is 4.79 Å². The third-order valence-corrected chi connectivity index (χ3v) is 6.20. The van der Waals surface area contributed by atoms with Crippen LogP contribution in [-0.2, 0) is 6.42 Å². The third-order valence-electron chi connectivity index (χ3n) is 4.96. The van der Waals surface area contributed by atoms with Crippen LogP contribution in [0.5, 0.6) is 0 Å². The molecular weight excluding hydrogens is 495 g/mol. The summed E-state index contributed by atoms with van der Waals surface area (Å²) in [6, 6.07) is 8.38. The normalized spacial score (nSPS) is 19.2. The maximum Gasteiger partial charge on any atom is 0.253 e. The molecule has 29 heavy (non-hydrogen) atoms. The van der Waals surface area contributed by atoms with Gasteiger partial charge in [0.25, 0.3) is 5.91 Å². The fraction of sp³-hybridized carbons (Fsp3) is 0.636. The average molecular weight is 533 g/mol. The summed E-state index contributed by atoms with van der Waals surface area (Å²) in [5, 5.41) is 7.79. The second-order valence-electron chi connectivity index (χ2n) is 7.50. The predicted molar refractivity (Wildman–Crippen MR) is 137 cm³/mol. The molecule has 0 spiro atoms. The summed E-state index contributed by atoms with van der Waals surface area (Å²) < 4.78 is 0. The smallest absolute Gasteiger partial charge is 0.253 e. The number of carbonyl (C=O) groups is 1. The Bertz CT molecular complexity index is 651. The highest BCUT2D eigenvalue weighted by molar-refractivity contribution is 14.0. The summed E-state index contributed by atoms with van der Waals surface area (Å²) in [5.74, 6) is 2.15. The molecule has 0 aliphatic heterocycles. The van der Waals surface area contributed by atoms with E-state index >= 15 is 0 Å². The quantitative estimate of drug-likeness (QED) is 0.300. The number of carbonyl (C=O) groups excluding carboxylic acids is 1. The van der Waals surface area contributed by atoms with Crippen molar-refractivity contribution in [2.45, 2.75) is 57.2 Å². The first-order valence-corrected chi connectivity index (χ1v) is 11.5. The van der Waals surface area contributed by atoms with Crippen molar-refractivity contribution in [3.63, 3.8) is 0 Å². The van der Waals surface area contributed by atoms with E-state index in [4.69, 9.17) is 4.99 Å². The molecule has 0 aromatic heterocycles. The SMILES string of the molecule is CCNC(=NCCc1cccc(C(=O)N(C)C)c1)NC1CCCC(SCC)C1.I. The van der Waals surface area contributed by atoms with Gasteiger partial charge < -0.3 is 15.5 Å². The van der Waals surface area contributed by atoms with Gasteiger partial charge in [-0.15, -0.1) is 24.0 Å². The molecule has 0 radical (unpaired) electrons. The maximum atomic E-state index is 12.1. The minimum atomic E-state index is 0. The number of amides is 1. The first kappa shape index (κ1) is 26.1. The molecule has 1 aliphatic carbocycles. The zero-order valence-corrected chi connectivity index (χ0v) is 21.4. The molecule has 2 N–H and O–H groups in total. The maximum absolute atomic E-state index is 12.1. The molecule has 1 fully saturated rings. The number of thioether (sulfide) groups is 1. The Balaban J connectivity index is 0.00000420. The molecule has 1 aromatic carbocycles. The Hall–Kier alpha value is -0.960. The zero-order valence-electron chi connectivity index (χ0n) is 18.2. The second kappa shape index (κ2) is 14.1. The van der Waals surface area contributed by atoms with Gasteiger partial charge in [-0.3, -0.25) is 9.79 Å². The van der Waals surface area contributed by atoms with Crippen LogP contribution in [0.15, 0.2) is 29.3 Å². The molecule has 1 aliphatic rings. The highest BCUT2D eigenvalue weighted by Gasteiger charge is 2.22. The van der Waals surface area contributed by atoms with Gasteiger partial charge in [-0.05, 0) is 56.1 Å². The summed E-state index contributed by atoms with van der Waals surface area (Å²) in [4.78, 5) is 18.5. The van der Waals surface area contributed by atoms with Crippen molar-refractivity contribution in [1.29, 1.82) is 0 Å². The topological polar surface area (TPSA) is 56.7 Å².